The molecule has 0 bridgehead atoms. The molecule has 69 heavy (non-hydrogen) atoms. The molecule has 1 spiro atoms. The molecule has 2 aliphatic rings. The number of rotatable bonds is 5. The van der Waals surface area contributed by atoms with Crippen LogP contribution < -0.4 is 4.90 Å². The first-order valence-electron chi connectivity index (χ1n) is 24.4. The van der Waals surface area contributed by atoms with Crippen molar-refractivity contribution in [2.75, 3.05) is 4.90 Å². The number of anilines is 3. The van der Waals surface area contributed by atoms with Crippen molar-refractivity contribution in [1.82, 2.24) is 0 Å². The van der Waals surface area contributed by atoms with Gasteiger partial charge in [0.25, 0.3) is 0 Å². The van der Waals surface area contributed by atoms with Crippen molar-refractivity contribution in [3.05, 3.63) is 246 Å². The monoisotopic (exact) mass is 903 g/mol. The van der Waals surface area contributed by atoms with Crippen LogP contribution in [0.1, 0.15) is 74.9 Å². The highest BCUT2D eigenvalue weighted by molar-refractivity contribution is 7.26. The molecule has 0 saturated carbocycles. The van der Waals surface area contributed by atoms with Gasteiger partial charge in [-0.1, -0.05) is 217 Å². The van der Waals surface area contributed by atoms with E-state index in [1.165, 1.54) is 120 Å². The van der Waals surface area contributed by atoms with E-state index >= 15 is 0 Å². The first-order chi connectivity index (χ1) is 33.5. The summed E-state index contributed by atoms with van der Waals surface area (Å²) < 4.78 is 2.58. The zero-order valence-electron chi connectivity index (χ0n) is 40.1. The van der Waals surface area contributed by atoms with Crippen molar-refractivity contribution in [2.45, 2.75) is 57.8 Å². The molecule has 0 radical (unpaired) electrons. The summed E-state index contributed by atoms with van der Waals surface area (Å²) in [6, 6.07) is 80.5. The van der Waals surface area contributed by atoms with Crippen molar-refractivity contribution < 1.29 is 0 Å². The number of hydrogen-bond donors (Lipinski definition) is 0. The summed E-state index contributed by atoms with van der Waals surface area (Å²) in [5.41, 5.74) is 21.2. The predicted molar refractivity (Wildman–Crippen MR) is 296 cm³/mol. The SMILES string of the molecule is CC(C)(C)c1ccc2c(c1)C1(c3cc(C(C)(C)C)ccc3-2)c2ccccc2-c2c(N(c3ccc(-c4ccc(-c5ccc6ccccc6c5)cc4)cc3)c3cccc4c3sc3ccccc34)cccc21. The van der Waals surface area contributed by atoms with Crippen LogP contribution in [0.15, 0.2) is 212 Å². The van der Waals surface area contributed by atoms with Gasteiger partial charge in [0.1, 0.15) is 0 Å². The highest BCUT2D eigenvalue weighted by Gasteiger charge is 2.53. The lowest BCUT2D eigenvalue weighted by molar-refractivity contribution is 0.586. The Kier molecular flexibility index (Phi) is 9.20. The first kappa shape index (κ1) is 41.7. The lowest BCUT2D eigenvalue weighted by Crippen LogP contribution is -2.27. The molecule has 11 aromatic rings. The molecule has 0 fully saturated rings. The van der Waals surface area contributed by atoms with Crippen molar-refractivity contribution in [3.63, 3.8) is 0 Å². The van der Waals surface area contributed by atoms with Gasteiger partial charge in [-0.25, -0.2) is 0 Å². The third-order valence-electron chi connectivity index (χ3n) is 15.2. The molecule has 13 rings (SSSR count). The Balaban J connectivity index is 1.02. The first-order valence-corrected chi connectivity index (χ1v) is 25.2. The minimum atomic E-state index is -0.507. The summed E-state index contributed by atoms with van der Waals surface area (Å²) >= 11 is 1.89. The molecule has 1 nitrogen and oxygen atoms in total. The summed E-state index contributed by atoms with van der Waals surface area (Å²) in [6.45, 7) is 14.1. The molecule has 0 amide bonds. The maximum atomic E-state index is 2.56. The fourth-order valence-corrected chi connectivity index (χ4v) is 12.9. The van der Waals surface area contributed by atoms with Gasteiger partial charge in [-0.2, -0.15) is 0 Å². The minimum Gasteiger partial charge on any atom is -0.308 e. The van der Waals surface area contributed by atoms with E-state index in [1.54, 1.807) is 0 Å². The summed E-state index contributed by atoms with van der Waals surface area (Å²) in [5, 5.41) is 5.11. The van der Waals surface area contributed by atoms with E-state index in [4.69, 9.17) is 0 Å². The van der Waals surface area contributed by atoms with Crippen molar-refractivity contribution in [1.29, 1.82) is 0 Å². The van der Waals surface area contributed by atoms with Gasteiger partial charge in [0.2, 0.25) is 0 Å². The average Bonchev–Trinajstić information content (AvgIpc) is 4.00. The van der Waals surface area contributed by atoms with E-state index in [0.29, 0.717) is 0 Å². The Bertz CT molecular complexity index is 3790. The Morgan fingerprint density at radius 1 is 0.377 bits per heavy atom. The average molecular weight is 904 g/mol. The topological polar surface area (TPSA) is 3.24 Å². The molecule has 0 atom stereocenters. The Morgan fingerprint density at radius 3 is 1.61 bits per heavy atom. The summed E-state index contributed by atoms with van der Waals surface area (Å²) in [4.78, 5) is 2.56. The van der Waals surface area contributed by atoms with E-state index in [0.717, 1.165) is 5.69 Å². The molecule has 2 aliphatic carbocycles. The van der Waals surface area contributed by atoms with Crippen LogP contribution in [0.3, 0.4) is 0 Å². The summed E-state index contributed by atoms with van der Waals surface area (Å²) in [6.07, 6.45) is 0. The molecule has 0 unspecified atom stereocenters. The molecule has 0 saturated heterocycles. The van der Waals surface area contributed by atoms with Gasteiger partial charge in [-0.15, -0.1) is 11.3 Å². The number of nitrogens with zero attached hydrogens (tertiary/aromatic N) is 1. The van der Waals surface area contributed by atoms with E-state index in [9.17, 15) is 0 Å². The van der Waals surface area contributed by atoms with Gasteiger partial charge in [0, 0.05) is 26.7 Å². The normalized spacial score (nSPS) is 13.5. The lowest BCUT2D eigenvalue weighted by Gasteiger charge is -2.33. The van der Waals surface area contributed by atoms with Crippen molar-refractivity contribution >= 4 is 59.3 Å². The second-order valence-electron chi connectivity index (χ2n) is 21.3. The zero-order valence-corrected chi connectivity index (χ0v) is 40.9. The Labute approximate surface area is 410 Å². The molecule has 2 heteroatoms. The van der Waals surface area contributed by atoms with Gasteiger partial charge in [0.05, 0.1) is 21.5 Å². The van der Waals surface area contributed by atoms with Crippen molar-refractivity contribution in [3.8, 4) is 44.5 Å². The van der Waals surface area contributed by atoms with Crippen LogP contribution in [0.2, 0.25) is 0 Å². The van der Waals surface area contributed by atoms with Crippen LogP contribution in [0.25, 0.3) is 75.5 Å². The fraction of sp³-hybridized carbons (Fsp3) is 0.134. The van der Waals surface area contributed by atoms with Crippen LogP contribution in [0.5, 0.6) is 0 Å². The zero-order chi connectivity index (χ0) is 46.8. The van der Waals surface area contributed by atoms with E-state index < -0.39 is 5.41 Å². The highest BCUT2D eigenvalue weighted by Crippen LogP contribution is 2.65. The van der Waals surface area contributed by atoms with E-state index in [2.05, 4.69) is 259 Å². The van der Waals surface area contributed by atoms with Crippen LogP contribution in [-0.4, -0.2) is 0 Å². The second kappa shape index (κ2) is 15.2. The largest absolute Gasteiger partial charge is 0.308 e. The standard InChI is InChI=1S/C67H53NS/c1-65(2,3)48-33-37-51-52-38-34-49(66(4,5)6)41-59(52)67(58(51)40-48)56-20-11-9-18-55(56)63-57(67)21-14-22-60(63)68(61-23-13-19-54-53-17-10-12-24-62(53)69-64(54)61)50-35-31-44(32-36-50)43-25-27-45(28-26-43)47-30-29-42-15-7-8-16-46(42)39-47/h7-41H,1-6H3. The number of hydrogen-bond acceptors (Lipinski definition) is 2. The molecule has 1 aromatic heterocycles. The molecular weight excluding hydrogens is 851 g/mol. The molecule has 332 valence electrons. The van der Waals surface area contributed by atoms with Gasteiger partial charge in [-0.05, 0) is 130 Å². The van der Waals surface area contributed by atoms with Crippen LogP contribution >= 0.6 is 11.3 Å². The molecule has 1 heterocycles. The molecule has 0 N–H and O–H groups in total. The number of thiophene rings is 1. The molecular formula is C67H53NS. The van der Waals surface area contributed by atoms with Crippen LogP contribution in [-0.2, 0) is 16.2 Å². The Hall–Kier alpha value is -7.52. The van der Waals surface area contributed by atoms with Gasteiger partial charge in [0.15, 0.2) is 0 Å². The second-order valence-corrected chi connectivity index (χ2v) is 22.3. The quantitative estimate of drug-likeness (QED) is 0.166. The van der Waals surface area contributed by atoms with Crippen molar-refractivity contribution in [2.24, 2.45) is 0 Å². The third kappa shape index (κ3) is 6.35. The lowest BCUT2D eigenvalue weighted by atomic mass is 9.69. The number of benzene rings is 10. The Morgan fingerprint density at radius 2 is 0.913 bits per heavy atom. The van der Waals surface area contributed by atoms with Gasteiger partial charge >= 0.3 is 0 Å². The van der Waals surface area contributed by atoms with E-state index in [1.807, 2.05) is 11.3 Å². The predicted octanol–water partition coefficient (Wildman–Crippen LogP) is 18.9. The molecule has 10 aromatic carbocycles. The third-order valence-corrected chi connectivity index (χ3v) is 16.4. The maximum Gasteiger partial charge on any atom is 0.0726 e. The van der Waals surface area contributed by atoms with E-state index in [-0.39, 0.29) is 10.8 Å². The minimum absolute atomic E-state index is 0.0183. The fourth-order valence-electron chi connectivity index (χ4n) is 11.7. The summed E-state index contributed by atoms with van der Waals surface area (Å²) in [5.74, 6) is 0. The maximum absolute atomic E-state index is 2.56. The summed E-state index contributed by atoms with van der Waals surface area (Å²) in [7, 11) is 0. The van der Waals surface area contributed by atoms with Crippen LogP contribution in [0.4, 0.5) is 17.1 Å². The van der Waals surface area contributed by atoms with Gasteiger partial charge < -0.3 is 4.90 Å². The molecule has 0 aliphatic heterocycles. The number of fused-ring (bicyclic) bond motifs is 14. The highest BCUT2D eigenvalue weighted by atomic mass is 32.1. The van der Waals surface area contributed by atoms with Gasteiger partial charge in [-0.3, -0.25) is 0 Å². The smallest absolute Gasteiger partial charge is 0.0726 e. The van der Waals surface area contributed by atoms with Crippen LogP contribution in [0, 0.1) is 0 Å².